The third-order valence-corrected chi connectivity index (χ3v) is 4.65. The molecule has 2 saturated heterocycles. The van der Waals surface area contributed by atoms with Gasteiger partial charge < -0.3 is 19.9 Å². The van der Waals surface area contributed by atoms with E-state index < -0.39 is 0 Å². The molecule has 124 valence electrons. The molecule has 23 heavy (non-hydrogen) atoms. The van der Waals surface area contributed by atoms with Gasteiger partial charge in [-0.3, -0.25) is 9.59 Å². The van der Waals surface area contributed by atoms with Gasteiger partial charge in [0.1, 0.15) is 5.75 Å². The summed E-state index contributed by atoms with van der Waals surface area (Å²) in [7, 11) is 1.55. The van der Waals surface area contributed by atoms with Crippen molar-refractivity contribution in [2.45, 2.75) is 6.42 Å². The average Bonchev–Trinajstić information content (AvgIpc) is 2.96. The molecule has 2 fully saturated rings. The summed E-state index contributed by atoms with van der Waals surface area (Å²) in [5.74, 6) is 0.318. The lowest BCUT2D eigenvalue weighted by Gasteiger charge is -2.29. The number of halogens is 1. The summed E-state index contributed by atoms with van der Waals surface area (Å²) in [6.45, 7) is 3.44. The molecule has 3 rings (SSSR count). The number of piperazine rings is 1. The first-order valence-electron chi connectivity index (χ1n) is 7.73. The Kier molecular flexibility index (Phi) is 4.73. The van der Waals surface area contributed by atoms with Gasteiger partial charge in [-0.25, -0.2) is 0 Å². The first-order chi connectivity index (χ1) is 11.1. The summed E-state index contributed by atoms with van der Waals surface area (Å²) in [4.78, 5) is 28.4. The molecule has 1 aromatic rings. The quantitative estimate of drug-likeness (QED) is 0.898. The fraction of sp³-hybridized carbons (Fsp3) is 0.500. The summed E-state index contributed by atoms with van der Waals surface area (Å²) in [5, 5.41) is 3.68. The van der Waals surface area contributed by atoms with Crippen LogP contribution < -0.4 is 15.0 Å². The molecule has 0 aliphatic carbocycles. The van der Waals surface area contributed by atoms with Crippen molar-refractivity contribution >= 4 is 29.1 Å². The zero-order valence-electron chi connectivity index (χ0n) is 13.0. The van der Waals surface area contributed by atoms with Gasteiger partial charge in [-0.1, -0.05) is 11.6 Å². The van der Waals surface area contributed by atoms with E-state index in [-0.39, 0.29) is 24.2 Å². The Bertz CT molecular complexity index is 617. The Labute approximate surface area is 140 Å². The molecule has 2 amide bonds. The lowest BCUT2D eigenvalue weighted by molar-refractivity contribution is -0.136. The van der Waals surface area contributed by atoms with Gasteiger partial charge in [0, 0.05) is 44.8 Å². The maximum Gasteiger partial charge on any atom is 0.228 e. The Morgan fingerprint density at radius 1 is 1.35 bits per heavy atom. The molecule has 7 heteroatoms. The molecular formula is C16H20ClN3O3. The summed E-state index contributed by atoms with van der Waals surface area (Å²) >= 11 is 6.13. The average molecular weight is 338 g/mol. The molecule has 0 aromatic heterocycles. The molecule has 2 aliphatic heterocycles. The maximum atomic E-state index is 12.6. The number of benzene rings is 1. The van der Waals surface area contributed by atoms with Gasteiger partial charge >= 0.3 is 0 Å². The first kappa shape index (κ1) is 16.1. The van der Waals surface area contributed by atoms with Gasteiger partial charge in [0.15, 0.2) is 0 Å². The molecule has 1 atom stereocenters. The van der Waals surface area contributed by atoms with E-state index in [1.807, 2.05) is 4.90 Å². The second kappa shape index (κ2) is 6.76. The van der Waals surface area contributed by atoms with Crippen LogP contribution in [0, 0.1) is 5.92 Å². The van der Waals surface area contributed by atoms with E-state index in [2.05, 4.69) is 5.32 Å². The number of hydrogen-bond donors (Lipinski definition) is 1. The number of rotatable bonds is 3. The lowest BCUT2D eigenvalue weighted by Crippen LogP contribution is -2.48. The smallest absolute Gasteiger partial charge is 0.228 e. The summed E-state index contributed by atoms with van der Waals surface area (Å²) in [6, 6.07) is 5.23. The van der Waals surface area contributed by atoms with Gasteiger partial charge in [0.2, 0.25) is 11.8 Å². The molecule has 1 aromatic carbocycles. The molecular weight excluding hydrogens is 318 g/mol. The molecule has 2 aliphatic rings. The summed E-state index contributed by atoms with van der Waals surface area (Å²) in [6.07, 6.45) is 0.256. The van der Waals surface area contributed by atoms with Crippen LogP contribution in [0.4, 0.5) is 5.69 Å². The standard InChI is InChI=1S/C16H20ClN3O3/c1-23-14-3-2-12(9-13(14)17)20-10-11(8-15(20)21)16(22)19-6-4-18-5-7-19/h2-3,9,11,18H,4-8,10H2,1H3. The minimum Gasteiger partial charge on any atom is -0.495 e. The number of carbonyl (C=O) groups excluding carboxylic acids is 2. The number of nitrogens with zero attached hydrogens (tertiary/aromatic N) is 2. The zero-order chi connectivity index (χ0) is 16.4. The first-order valence-corrected chi connectivity index (χ1v) is 8.11. The van der Waals surface area contributed by atoms with Crippen LogP contribution in [0.15, 0.2) is 18.2 Å². The van der Waals surface area contributed by atoms with E-state index in [9.17, 15) is 9.59 Å². The molecule has 6 nitrogen and oxygen atoms in total. The highest BCUT2D eigenvalue weighted by molar-refractivity contribution is 6.32. The monoisotopic (exact) mass is 337 g/mol. The van der Waals surface area contributed by atoms with Crippen molar-refractivity contribution in [3.05, 3.63) is 23.2 Å². The number of amides is 2. The van der Waals surface area contributed by atoms with E-state index in [0.717, 1.165) is 13.1 Å². The van der Waals surface area contributed by atoms with Crippen LogP contribution in [0.2, 0.25) is 5.02 Å². The lowest BCUT2D eigenvalue weighted by atomic mass is 10.1. The van der Waals surface area contributed by atoms with Crippen molar-refractivity contribution in [1.29, 1.82) is 0 Å². The highest BCUT2D eigenvalue weighted by Gasteiger charge is 2.37. The fourth-order valence-electron chi connectivity index (χ4n) is 3.09. The molecule has 0 saturated carbocycles. The van der Waals surface area contributed by atoms with Gasteiger partial charge in [-0.05, 0) is 18.2 Å². The predicted molar refractivity (Wildman–Crippen MR) is 87.9 cm³/mol. The van der Waals surface area contributed by atoms with Crippen molar-refractivity contribution in [3.8, 4) is 5.75 Å². The van der Waals surface area contributed by atoms with E-state index in [4.69, 9.17) is 16.3 Å². The van der Waals surface area contributed by atoms with Crippen LogP contribution in [0.5, 0.6) is 5.75 Å². The zero-order valence-corrected chi connectivity index (χ0v) is 13.8. The Balaban J connectivity index is 1.72. The highest BCUT2D eigenvalue weighted by Crippen LogP contribution is 2.32. The Morgan fingerprint density at radius 2 is 2.09 bits per heavy atom. The SMILES string of the molecule is COc1ccc(N2CC(C(=O)N3CCNCC3)CC2=O)cc1Cl. The molecule has 0 spiro atoms. The normalized spacial score (nSPS) is 21.7. The third-order valence-electron chi connectivity index (χ3n) is 4.35. The van der Waals surface area contributed by atoms with Crippen molar-refractivity contribution in [3.63, 3.8) is 0 Å². The van der Waals surface area contributed by atoms with Crippen LogP contribution in [-0.4, -0.2) is 56.5 Å². The van der Waals surface area contributed by atoms with Crippen molar-refractivity contribution < 1.29 is 14.3 Å². The number of anilines is 1. The van der Waals surface area contributed by atoms with Gasteiger partial charge in [-0.2, -0.15) is 0 Å². The Hall–Kier alpha value is -1.79. The van der Waals surface area contributed by atoms with Gasteiger partial charge in [0.25, 0.3) is 0 Å². The van der Waals surface area contributed by atoms with Crippen LogP contribution in [-0.2, 0) is 9.59 Å². The number of ether oxygens (including phenoxy) is 1. The van der Waals surface area contributed by atoms with Crippen LogP contribution in [0.25, 0.3) is 0 Å². The predicted octanol–water partition coefficient (Wildman–Crippen LogP) is 1.13. The Morgan fingerprint density at radius 3 is 2.74 bits per heavy atom. The number of hydrogen-bond acceptors (Lipinski definition) is 4. The molecule has 1 unspecified atom stereocenters. The van der Waals surface area contributed by atoms with Crippen LogP contribution in [0.3, 0.4) is 0 Å². The van der Waals surface area contributed by atoms with Gasteiger partial charge in [-0.15, -0.1) is 0 Å². The second-order valence-electron chi connectivity index (χ2n) is 5.80. The largest absolute Gasteiger partial charge is 0.495 e. The summed E-state index contributed by atoms with van der Waals surface area (Å²) in [5.41, 5.74) is 0.705. The van der Waals surface area contributed by atoms with E-state index in [0.29, 0.717) is 36.1 Å². The number of nitrogens with one attached hydrogen (secondary N) is 1. The van der Waals surface area contributed by atoms with Crippen molar-refractivity contribution in [2.24, 2.45) is 5.92 Å². The van der Waals surface area contributed by atoms with Crippen molar-refractivity contribution in [1.82, 2.24) is 10.2 Å². The number of methoxy groups -OCH3 is 1. The highest BCUT2D eigenvalue weighted by atomic mass is 35.5. The number of carbonyl (C=O) groups is 2. The van der Waals surface area contributed by atoms with Crippen molar-refractivity contribution in [2.75, 3.05) is 44.7 Å². The minimum atomic E-state index is -0.276. The third kappa shape index (κ3) is 3.28. The van der Waals surface area contributed by atoms with Crippen LogP contribution in [0.1, 0.15) is 6.42 Å². The summed E-state index contributed by atoms with van der Waals surface area (Å²) < 4.78 is 5.13. The maximum absolute atomic E-state index is 12.6. The molecule has 2 heterocycles. The van der Waals surface area contributed by atoms with E-state index in [1.165, 1.54) is 0 Å². The molecule has 0 radical (unpaired) electrons. The fourth-order valence-corrected chi connectivity index (χ4v) is 3.34. The van der Waals surface area contributed by atoms with E-state index in [1.54, 1.807) is 30.2 Å². The van der Waals surface area contributed by atoms with Crippen LogP contribution >= 0.6 is 11.6 Å². The second-order valence-corrected chi connectivity index (χ2v) is 6.21. The molecule has 1 N–H and O–H groups in total. The minimum absolute atomic E-state index is 0.0419. The molecule has 0 bridgehead atoms. The van der Waals surface area contributed by atoms with Gasteiger partial charge in [0.05, 0.1) is 18.1 Å². The topological polar surface area (TPSA) is 61.9 Å². The van der Waals surface area contributed by atoms with E-state index >= 15 is 0 Å².